The Labute approximate surface area is 783 Å². The molecule has 3 aromatic heterocycles. The summed E-state index contributed by atoms with van der Waals surface area (Å²) in [6, 6.07) is 11.5. The number of carboxylic acid groups (broad SMARTS) is 1. The summed E-state index contributed by atoms with van der Waals surface area (Å²) in [5.74, 6) is -19.8. The van der Waals surface area contributed by atoms with Crippen molar-refractivity contribution in [2.75, 3.05) is 18.1 Å². The summed E-state index contributed by atoms with van der Waals surface area (Å²) in [6.07, 6.45) is -0.513. The fourth-order valence-electron chi connectivity index (χ4n) is 14.9. The number of para-hydroxylation sites is 2. The number of hydrogen-bond donors (Lipinski definition) is 25. The number of amides is 15. The van der Waals surface area contributed by atoms with E-state index in [4.69, 9.17) is 5.73 Å². The molecule has 1 fully saturated rings. The number of thioether (sulfide) groups is 1. The van der Waals surface area contributed by atoms with Crippen molar-refractivity contribution in [1.82, 2.24) is 94.4 Å². The van der Waals surface area contributed by atoms with Crippen LogP contribution in [-0.4, -0.2) is 259 Å². The topological polar surface area (TPSA) is 669 Å². The number of rotatable bonds is 22. The number of carbonyl (C=O) groups is 16. The van der Waals surface area contributed by atoms with E-state index in [0.717, 1.165) is 18.7 Å². The van der Waals surface area contributed by atoms with Gasteiger partial charge in [-0.05, 0) is 134 Å². The number of aromatic amines is 3. The highest BCUT2D eigenvalue weighted by Crippen LogP contribution is 2.25. The fraction of sp³-hybridized carbons (Fsp3) is 0.366. The Hall–Kier alpha value is -15.4. The predicted molar refractivity (Wildman–Crippen MR) is 494 cm³/mol. The first kappa shape index (κ1) is 103. The normalized spacial score (nSPS) is 23.2. The van der Waals surface area contributed by atoms with Crippen LogP contribution in [0.2, 0.25) is 0 Å². The Morgan fingerprint density at radius 1 is 0.404 bits per heavy atom. The van der Waals surface area contributed by atoms with Gasteiger partial charge in [0, 0.05) is 97.5 Å². The van der Waals surface area contributed by atoms with Crippen LogP contribution in [0.1, 0.15) is 93.0 Å². The van der Waals surface area contributed by atoms with Crippen LogP contribution in [0.15, 0.2) is 171 Å². The first-order valence-corrected chi connectivity index (χ1v) is 44.8. The summed E-state index contributed by atoms with van der Waals surface area (Å²) in [4.78, 5) is 246. The number of aliphatic hydroxyl groups is 2. The van der Waals surface area contributed by atoms with E-state index in [0.29, 0.717) is 49.6 Å². The van der Waals surface area contributed by atoms with Crippen molar-refractivity contribution >= 4 is 128 Å². The number of nitrogens with zero attached hydrogens (tertiary/aromatic N) is 1. The van der Waals surface area contributed by atoms with Gasteiger partial charge in [-0.25, -0.2) is 4.98 Å². The van der Waals surface area contributed by atoms with Gasteiger partial charge in [-0.15, -0.1) is 11.8 Å². The molecular weight excluding hydrogens is 1780 g/mol. The molecule has 1 saturated heterocycles. The van der Waals surface area contributed by atoms with Gasteiger partial charge in [-0.1, -0.05) is 98.8 Å². The Balaban J connectivity index is 1.02. The van der Waals surface area contributed by atoms with Crippen LogP contribution < -0.4 is 80.2 Å². The number of imidazole rings is 1. The van der Waals surface area contributed by atoms with Crippen molar-refractivity contribution in [1.29, 1.82) is 0 Å². The van der Waals surface area contributed by atoms with Crippen LogP contribution in [-0.2, 0) is 122 Å². The minimum atomic E-state index is -2.03. The molecule has 722 valence electrons. The third kappa shape index (κ3) is 30.3. The average molecular weight is 1900 g/mol. The molecule has 0 spiro atoms. The van der Waals surface area contributed by atoms with Crippen LogP contribution in [0.5, 0.6) is 23.0 Å². The maximum atomic E-state index is 15.6. The molecule has 42 nitrogen and oxygen atoms in total. The number of aromatic nitrogens is 4. The van der Waals surface area contributed by atoms with Crippen molar-refractivity contribution in [2.24, 2.45) is 11.7 Å². The number of carboxylic acids is 1. The molecule has 136 heavy (non-hydrogen) atoms. The van der Waals surface area contributed by atoms with Gasteiger partial charge in [-0.2, -0.15) is 0 Å². The first-order valence-electron chi connectivity index (χ1n) is 43.7. The van der Waals surface area contributed by atoms with Crippen molar-refractivity contribution in [3.05, 3.63) is 210 Å². The van der Waals surface area contributed by atoms with E-state index in [2.05, 4.69) is 94.4 Å². The summed E-state index contributed by atoms with van der Waals surface area (Å²) in [5.41, 5.74) is 9.18. The molecule has 1 aliphatic rings. The maximum Gasteiger partial charge on any atom is 0.303 e. The van der Waals surface area contributed by atoms with E-state index in [1.165, 1.54) is 130 Å². The molecule has 10 rings (SSSR count). The third-order valence-electron chi connectivity index (χ3n) is 22.3. The number of phenolic OH excluding ortho intramolecular Hbond substituents is 4. The minimum Gasteiger partial charge on any atom is -0.508 e. The number of benzene rings is 6. The third-order valence-corrected chi connectivity index (χ3v) is 23.3. The van der Waals surface area contributed by atoms with Crippen molar-refractivity contribution in [3.8, 4) is 23.0 Å². The molecule has 0 aliphatic carbocycles. The molecule has 6 aromatic carbocycles. The van der Waals surface area contributed by atoms with Gasteiger partial charge in [-0.3, -0.25) is 76.7 Å². The summed E-state index contributed by atoms with van der Waals surface area (Å²) < 4.78 is 0. The maximum absolute atomic E-state index is 15.6. The summed E-state index contributed by atoms with van der Waals surface area (Å²) in [7, 11) is 0. The zero-order valence-electron chi connectivity index (χ0n) is 74.7. The number of nitrogens with two attached hydrogens (primary N) is 1. The molecule has 0 radical (unpaired) electrons. The lowest BCUT2D eigenvalue weighted by Gasteiger charge is -2.29. The number of aromatic hydroxyl groups is 4. The highest BCUT2D eigenvalue weighted by molar-refractivity contribution is 8.00. The second kappa shape index (κ2) is 48.8. The number of aliphatic hydroxyl groups excluding tert-OH is 2. The van der Waals surface area contributed by atoms with Gasteiger partial charge in [0.05, 0.1) is 30.5 Å². The Kier molecular flexibility index (Phi) is 36.9. The molecule has 26 N–H and O–H groups in total. The van der Waals surface area contributed by atoms with Gasteiger partial charge in [0.1, 0.15) is 108 Å². The lowest BCUT2D eigenvalue weighted by Crippen LogP contribution is -2.63. The standard InChI is InChI=1S/C93H111N19O23S/c1-47(2)32-67-84(126)99-48(3)81(123)103-69(34-52-16-24-59(116)25-17-52)85(127)100-49(4)82(124)104-70(35-53-18-26-60(117)27-19-53)87(129)106-71(36-54-20-28-61(118)29-21-54)91(133)112-79(50(5)114)93(135)109-73(38-56-41-97-65-13-9-7-11-63(56)65)89(131)107-72(37-55-40-96-64-12-8-6-10-62(55)64)88(130)102-66(30-31-78(120)121)83(125)108-74(39-57-42-95-46-98-57)90(132)110-75(43-113)92(134)111-76(80(94)122)44-136-45-77(119)101-68(86(128)105-67)33-51-14-22-58(115)23-15-51/h6-29,40-42,46-50,66-76,79,96-97,113-118H,30-39,43-45H2,1-5H3,(H2,94,122)(H,95,98)(H,99,126)(H,100,127)(H,101,119)(H,102,130)(H,103,123)(H,104,124)(H,105,128)(H,106,129)(H,107,131)(H,108,125)(H,109,135)(H,110,132)(H,111,134)(H,112,133)(H,120,121)/t48-,49-,50+,66-,67-,68+,69-,70-,71-,72-,73-,74-,75-,76-,79-/m0/s1. The van der Waals surface area contributed by atoms with Crippen LogP contribution >= 0.6 is 11.8 Å². The van der Waals surface area contributed by atoms with E-state index >= 15 is 24.0 Å². The number of carbonyl (C=O) groups excluding carboxylic acids is 15. The lowest BCUT2D eigenvalue weighted by atomic mass is 10.00. The summed E-state index contributed by atoms with van der Waals surface area (Å²) in [6.45, 7) is 5.90. The van der Waals surface area contributed by atoms with Gasteiger partial charge < -0.3 is 131 Å². The van der Waals surface area contributed by atoms with Crippen molar-refractivity contribution in [2.45, 2.75) is 190 Å². The number of H-pyrrole nitrogens is 3. The van der Waals surface area contributed by atoms with Crippen LogP contribution in [0, 0.1) is 5.92 Å². The molecular formula is C93H111N19O23S. The van der Waals surface area contributed by atoms with Gasteiger partial charge in [0.15, 0.2) is 0 Å². The number of nitrogens with one attached hydrogen (secondary N) is 17. The molecule has 0 saturated carbocycles. The zero-order chi connectivity index (χ0) is 98.6. The Morgan fingerprint density at radius 2 is 0.750 bits per heavy atom. The van der Waals surface area contributed by atoms with Crippen molar-refractivity contribution < 1.29 is 112 Å². The van der Waals surface area contributed by atoms with Gasteiger partial charge in [0.25, 0.3) is 0 Å². The van der Waals surface area contributed by atoms with Gasteiger partial charge in [0.2, 0.25) is 88.6 Å². The molecule has 15 amide bonds. The molecule has 0 bridgehead atoms. The number of phenols is 4. The van der Waals surface area contributed by atoms with E-state index in [9.17, 15) is 88.5 Å². The van der Waals surface area contributed by atoms with Crippen LogP contribution in [0.4, 0.5) is 0 Å². The van der Waals surface area contributed by atoms with E-state index < -0.39 is 242 Å². The minimum absolute atomic E-state index is 0.0707. The van der Waals surface area contributed by atoms with Crippen molar-refractivity contribution in [3.63, 3.8) is 0 Å². The highest BCUT2D eigenvalue weighted by Gasteiger charge is 2.40. The monoisotopic (exact) mass is 1890 g/mol. The Morgan fingerprint density at radius 3 is 1.15 bits per heavy atom. The predicted octanol–water partition coefficient (Wildman–Crippen LogP) is -1.46. The Bertz CT molecular complexity index is 5740. The van der Waals surface area contributed by atoms with E-state index in [-0.39, 0.29) is 65.9 Å². The fourth-order valence-corrected chi connectivity index (χ4v) is 15.8. The highest BCUT2D eigenvalue weighted by atomic mass is 32.2. The second-order valence-corrected chi connectivity index (χ2v) is 34.5. The molecule has 43 heteroatoms. The number of primary amides is 1. The smallest absolute Gasteiger partial charge is 0.303 e. The van der Waals surface area contributed by atoms with E-state index in [1.54, 1.807) is 68.6 Å². The average Bonchev–Trinajstić information content (AvgIpc) is 1.63. The zero-order valence-corrected chi connectivity index (χ0v) is 75.5. The molecule has 4 heterocycles. The van der Waals surface area contributed by atoms with E-state index in [1.807, 2.05) is 0 Å². The molecule has 1 aliphatic heterocycles. The summed E-state index contributed by atoms with van der Waals surface area (Å²) in [5, 5.41) is 110. The first-order chi connectivity index (χ1) is 64.8. The van der Waals surface area contributed by atoms with Crippen LogP contribution in [0.25, 0.3) is 21.8 Å². The number of fused-ring (bicyclic) bond motifs is 2. The van der Waals surface area contributed by atoms with Crippen LogP contribution in [0.3, 0.4) is 0 Å². The lowest BCUT2D eigenvalue weighted by molar-refractivity contribution is -0.139. The largest absolute Gasteiger partial charge is 0.508 e. The quantitative estimate of drug-likeness (QED) is 0.0369. The molecule has 9 aromatic rings. The molecule has 15 atom stereocenters. The SMILES string of the molecule is CC(C)C[C@@H]1NC(=O)[C@@H](Cc2ccc(O)cc2)NC(=O)CSC[C@@H](C(N)=O)NC(=O)[C@H](CO)NC(=O)[C@H](Cc2c[nH]cn2)NC(=O)[C@H](CCC(=O)O)NC(=O)[C@H](Cc2c[nH]c3ccccc23)NC(=O)[C@H](Cc2c[nH]c3ccccc23)NC(=O)[C@H]([C@@H](C)O)NC(=O)[C@H](Cc2ccc(O)cc2)NC(=O)[C@H](Cc2ccc(O)cc2)NC(=O)[C@H](C)NC(=O)[C@H](Cc2ccc(O)cc2)NC(=O)[C@H](C)NC1=O. The number of hydrogen-bond acceptors (Lipinski definition) is 24. The van der Waals surface area contributed by atoms with Gasteiger partial charge >= 0.3 is 5.97 Å². The number of aliphatic carboxylic acids is 1. The second-order valence-electron chi connectivity index (χ2n) is 33.5. The summed E-state index contributed by atoms with van der Waals surface area (Å²) >= 11 is 0.724. The molecule has 0 unspecified atom stereocenters.